The van der Waals surface area contributed by atoms with Gasteiger partial charge < -0.3 is 15.3 Å². The summed E-state index contributed by atoms with van der Waals surface area (Å²) in [6.45, 7) is 4.05. The van der Waals surface area contributed by atoms with Crippen LogP contribution in [-0.2, 0) is 0 Å². The van der Waals surface area contributed by atoms with Gasteiger partial charge in [0, 0.05) is 25.1 Å². The van der Waals surface area contributed by atoms with Gasteiger partial charge in [0.25, 0.3) is 5.91 Å². The molecule has 2 N–H and O–H groups in total. The standard InChI is InChI=1S/C18H22N2O2S/c1-13-11-23-12-15(13)18(22)19-16-4-2-3-5-17(16)20-8-6-14(10-21)7-9-20/h2-5,11-12,14,21H,6-10H2,1H3,(H,19,22). The Bertz CT molecular complexity index is 675. The van der Waals surface area contributed by atoms with Crippen LogP contribution >= 0.6 is 11.3 Å². The maximum absolute atomic E-state index is 12.5. The van der Waals surface area contributed by atoms with Crippen molar-refractivity contribution in [2.45, 2.75) is 19.8 Å². The van der Waals surface area contributed by atoms with Crippen LogP contribution in [0, 0.1) is 12.8 Å². The highest BCUT2D eigenvalue weighted by Crippen LogP contribution is 2.30. The number of nitrogens with one attached hydrogen (secondary N) is 1. The molecule has 122 valence electrons. The minimum absolute atomic E-state index is 0.0542. The van der Waals surface area contributed by atoms with E-state index < -0.39 is 0 Å². The second-order valence-corrected chi connectivity index (χ2v) is 6.80. The van der Waals surface area contributed by atoms with Crippen molar-refractivity contribution in [3.8, 4) is 0 Å². The lowest BCUT2D eigenvalue weighted by Crippen LogP contribution is -2.35. The maximum Gasteiger partial charge on any atom is 0.256 e. The molecule has 1 amide bonds. The number of carbonyl (C=O) groups excluding carboxylic acids is 1. The molecule has 0 unspecified atom stereocenters. The van der Waals surface area contributed by atoms with Crippen LogP contribution in [0.4, 0.5) is 11.4 Å². The van der Waals surface area contributed by atoms with Crippen molar-refractivity contribution in [1.82, 2.24) is 0 Å². The van der Waals surface area contributed by atoms with E-state index in [9.17, 15) is 9.90 Å². The van der Waals surface area contributed by atoms with Gasteiger partial charge in [-0.15, -0.1) is 0 Å². The van der Waals surface area contributed by atoms with Gasteiger partial charge in [0.05, 0.1) is 16.9 Å². The van der Waals surface area contributed by atoms with Crippen molar-refractivity contribution < 1.29 is 9.90 Å². The first-order valence-corrected chi connectivity index (χ1v) is 8.92. The molecule has 5 heteroatoms. The quantitative estimate of drug-likeness (QED) is 0.902. The lowest BCUT2D eigenvalue weighted by Gasteiger charge is -2.34. The fraction of sp³-hybridized carbons (Fsp3) is 0.389. The van der Waals surface area contributed by atoms with E-state index >= 15 is 0 Å². The Balaban J connectivity index is 1.76. The number of para-hydroxylation sites is 2. The number of benzene rings is 1. The largest absolute Gasteiger partial charge is 0.396 e. The number of carbonyl (C=O) groups is 1. The molecule has 0 radical (unpaired) electrons. The molecule has 0 spiro atoms. The molecule has 1 aliphatic rings. The second kappa shape index (κ2) is 7.15. The van der Waals surface area contributed by atoms with Gasteiger partial charge in [-0.25, -0.2) is 0 Å². The van der Waals surface area contributed by atoms with Gasteiger partial charge in [0.1, 0.15) is 0 Å². The van der Waals surface area contributed by atoms with Crippen LogP contribution in [0.3, 0.4) is 0 Å². The van der Waals surface area contributed by atoms with E-state index in [0.717, 1.165) is 48.4 Å². The fourth-order valence-corrected chi connectivity index (χ4v) is 3.82. The molecule has 0 bridgehead atoms. The minimum Gasteiger partial charge on any atom is -0.396 e. The lowest BCUT2D eigenvalue weighted by atomic mass is 9.97. The Kier molecular flexibility index (Phi) is 4.98. The van der Waals surface area contributed by atoms with Crippen LogP contribution in [-0.4, -0.2) is 30.7 Å². The lowest BCUT2D eigenvalue weighted by molar-refractivity contribution is 0.102. The molecular formula is C18H22N2O2S. The number of hydrogen-bond donors (Lipinski definition) is 2. The molecule has 4 nitrogen and oxygen atoms in total. The Morgan fingerprint density at radius 2 is 2.04 bits per heavy atom. The number of thiophene rings is 1. The number of rotatable bonds is 4. The number of aryl methyl sites for hydroxylation is 1. The predicted molar refractivity (Wildman–Crippen MR) is 95.5 cm³/mol. The molecule has 0 saturated carbocycles. The zero-order chi connectivity index (χ0) is 16.2. The van der Waals surface area contributed by atoms with E-state index in [1.165, 1.54) is 0 Å². The number of nitrogens with zero attached hydrogens (tertiary/aromatic N) is 1. The average molecular weight is 330 g/mol. The topological polar surface area (TPSA) is 52.6 Å². The molecule has 0 aliphatic carbocycles. The third-order valence-electron chi connectivity index (χ3n) is 4.47. The molecule has 1 aromatic heterocycles. The second-order valence-electron chi connectivity index (χ2n) is 6.05. The minimum atomic E-state index is -0.0542. The van der Waals surface area contributed by atoms with Crippen molar-refractivity contribution in [1.29, 1.82) is 0 Å². The summed E-state index contributed by atoms with van der Waals surface area (Å²) in [6.07, 6.45) is 1.98. The number of amides is 1. The summed E-state index contributed by atoms with van der Waals surface area (Å²) in [6, 6.07) is 7.95. The van der Waals surface area contributed by atoms with Gasteiger partial charge in [0.15, 0.2) is 0 Å². The number of piperidine rings is 1. The highest BCUT2D eigenvalue weighted by molar-refractivity contribution is 7.08. The highest BCUT2D eigenvalue weighted by Gasteiger charge is 2.21. The van der Waals surface area contributed by atoms with Crippen molar-refractivity contribution in [2.24, 2.45) is 5.92 Å². The Morgan fingerprint density at radius 1 is 1.30 bits per heavy atom. The molecule has 2 aromatic rings. The monoisotopic (exact) mass is 330 g/mol. The van der Waals surface area contributed by atoms with E-state index in [1.807, 2.05) is 35.9 Å². The van der Waals surface area contributed by atoms with E-state index in [0.29, 0.717) is 5.92 Å². The predicted octanol–water partition coefficient (Wildman–Crippen LogP) is 3.52. The number of hydrogen-bond acceptors (Lipinski definition) is 4. The molecule has 1 fully saturated rings. The van der Waals surface area contributed by atoms with Gasteiger partial charge in [0.2, 0.25) is 0 Å². The van der Waals surface area contributed by atoms with Gasteiger partial charge in [-0.2, -0.15) is 11.3 Å². The average Bonchev–Trinajstić information content (AvgIpc) is 3.02. The van der Waals surface area contributed by atoms with Crippen LogP contribution < -0.4 is 10.2 Å². The van der Waals surface area contributed by atoms with Crippen LogP contribution in [0.5, 0.6) is 0 Å². The third kappa shape index (κ3) is 3.57. The molecule has 1 saturated heterocycles. The van der Waals surface area contributed by atoms with Crippen LogP contribution in [0.1, 0.15) is 28.8 Å². The smallest absolute Gasteiger partial charge is 0.256 e. The summed E-state index contributed by atoms with van der Waals surface area (Å²) in [5, 5.41) is 16.2. The molecule has 0 atom stereocenters. The van der Waals surface area contributed by atoms with Gasteiger partial charge >= 0.3 is 0 Å². The molecule has 3 rings (SSSR count). The van der Waals surface area contributed by atoms with Crippen molar-refractivity contribution in [3.63, 3.8) is 0 Å². The zero-order valence-electron chi connectivity index (χ0n) is 13.3. The summed E-state index contributed by atoms with van der Waals surface area (Å²) >= 11 is 1.55. The first-order chi connectivity index (χ1) is 11.2. The molecular weight excluding hydrogens is 308 g/mol. The van der Waals surface area contributed by atoms with Crippen LogP contribution in [0.15, 0.2) is 35.0 Å². The fourth-order valence-electron chi connectivity index (χ4n) is 2.99. The van der Waals surface area contributed by atoms with Crippen molar-refractivity contribution >= 4 is 28.6 Å². The number of aliphatic hydroxyl groups excluding tert-OH is 1. The highest BCUT2D eigenvalue weighted by atomic mass is 32.1. The van der Waals surface area contributed by atoms with Crippen LogP contribution in [0.2, 0.25) is 0 Å². The Labute approximate surface area is 140 Å². The van der Waals surface area contributed by atoms with Gasteiger partial charge in [-0.05, 0) is 48.8 Å². The van der Waals surface area contributed by atoms with Crippen LogP contribution in [0.25, 0.3) is 0 Å². The summed E-state index contributed by atoms with van der Waals surface area (Å²) in [5.74, 6) is 0.350. The molecule has 1 aromatic carbocycles. The van der Waals surface area contributed by atoms with Crippen molar-refractivity contribution in [3.05, 3.63) is 46.2 Å². The SMILES string of the molecule is Cc1cscc1C(=O)Nc1ccccc1N1CCC(CO)CC1. The Hall–Kier alpha value is -1.85. The third-order valence-corrected chi connectivity index (χ3v) is 5.33. The Morgan fingerprint density at radius 3 is 2.70 bits per heavy atom. The maximum atomic E-state index is 12.5. The summed E-state index contributed by atoms with van der Waals surface area (Å²) in [4.78, 5) is 14.8. The van der Waals surface area contributed by atoms with Crippen molar-refractivity contribution in [2.75, 3.05) is 29.9 Å². The number of anilines is 2. The summed E-state index contributed by atoms with van der Waals surface area (Å²) in [7, 11) is 0. The summed E-state index contributed by atoms with van der Waals surface area (Å²) < 4.78 is 0. The van der Waals surface area contributed by atoms with Gasteiger partial charge in [-0.1, -0.05) is 12.1 Å². The zero-order valence-corrected chi connectivity index (χ0v) is 14.1. The molecule has 1 aliphatic heterocycles. The van der Waals surface area contributed by atoms with E-state index in [4.69, 9.17) is 0 Å². The molecule has 23 heavy (non-hydrogen) atoms. The normalized spacial score (nSPS) is 15.7. The molecule has 2 heterocycles. The number of aliphatic hydroxyl groups is 1. The van der Waals surface area contributed by atoms with E-state index in [-0.39, 0.29) is 12.5 Å². The van der Waals surface area contributed by atoms with E-state index in [2.05, 4.69) is 16.3 Å². The summed E-state index contributed by atoms with van der Waals surface area (Å²) in [5.41, 5.74) is 3.66. The first-order valence-electron chi connectivity index (χ1n) is 7.98. The van der Waals surface area contributed by atoms with E-state index in [1.54, 1.807) is 11.3 Å². The first kappa shape index (κ1) is 16.0. The van der Waals surface area contributed by atoms with Gasteiger partial charge in [-0.3, -0.25) is 4.79 Å².